The van der Waals surface area contributed by atoms with Crippen molar-refractivity contribution >= 4 is 51.0 Å². The lowest BCUT2D eigenvalue weighted by Crippen LogP contribution is -2.10. The topological polar surface area (TPSA) is 35.5 Å². The zero-order chi connectivity index (χ0) is 16.5. The van der Waals surface area contributed by atoms with Gasteiger partial charge >= 0.3 is 0 Å². The highest BCUT2D eigenvalue weighted by atomic mass is 127. The Morgan fingerprint density at radius 1 is 1.27 bits per heavy atom. The fraction of sp³-hybridized carbons (Fsp3) is 0.471. The van der Waals surface area contributed by atoms with Gasteiger partial charge in [-0.3, -0.25) is 4.79 Å². The van der Waals surface area contributed by atoms with Crippen molar-refractivity contribution in [3.05, 3.63) is 37.0 Å². The molecule has 5 heteroatoms. The highest BCUT2D eigenvalue weighted by Crippen LogP contribution is 2.29. The van der Waals surface area contributed by atoms with Gasteiger partial charge in [-0.25, -0.2) is 0 Å². The number of carbonyl (C=O) groups is 1. The number of benzene rings is 1. The lowest BCUT2D eigenvalue weighted by molar-refractivity contribution is -0.123. The number of hydrogen-bond acceptors (Lipinski definition) is 3. The molecule has 1 aromatic carbocycles. The van der Waals surface area contributed by atoms with Gasteiger partial charge in [-0.15, -0.1) is 0 Å². The third-order valence-electron chi connectivity index (χ3n) is 2.88. The molecule has 0 aliphatic rings. The van der Waals surface area contributed by atoms with Crippen LogP contribution in [0.25, 0.3) is 0 Å². The van der Waals surface area contributed by atoms with Crippen LogP contribution < -0.4 is 4.74 Å². The van der Waals surface area contributed by atoms with Crippen LogP contribution in [-0.4, -0.2) is 25.6 Å². The van der Waals surface area contributed by atoms with Gasteiger partial charge in [-0.2, -0.15) is 0 Å². The number of allylic oxidation sites excluding steroid dienone is 1. The largest absolute Gasteiger partial charge is 0.491 e. The Balaban J connectivity index is 2.49. The minimum absolute atomic E-state index is 0.131. The maximum Gasteiger partial charge on any atom is 0.158 e. The van der Waals surface area contributed by atoms with Gasteiger partial charge < -0.3 is 9.47 Å². The average Bonchev–Trinajstić information content (AvgIpc) is 2.42. The molecule has 0 saturated heterocycles. The summed E-state index contributed by atoms with van der Waals surface area (Å²) in [4.78, 5) is 11.5. The normalized spacial score (nSPS) is 10.5. The van der Waals surface area contributed by atoms with Crippen LogP contribution in [0.15, 0.2) is 24.3 Å². The molecule has 22 heavy (non-hydrogen) atoms. The van der Waals surface area contributed by atoms with E-state index in [9.17, 15) is 4.79 Å². The summed E-state index contributed by atoms with van der Waals surface area (Å²) < 4.78 is 13.1. The summed E-state index contributed by atoms with van der Waals surface area (Å²) in [7, 11) is 0. The molecule has 0 amide bonds. The smallest absolute Gasteiger partial charge is 0.158 e. The first-order valence-corrected chi connectivity index (χ1v) is 9.44. The molecule has 0 saturated carbocycles. The predicted molar refractivity (Wildman–Crippen MR) is 107 cm³/mol. The molecule has 122 valence electrons. The van der Waals surface area contributed by atoms with Crippen molar-refractivity contribution in [3.63, 3.8) is 0 Å². The van der Waals surface area contributed by atoms with Crippen molar-refractivity contribution in [3.8, 4) is 5.75 Å². The van der Waals surface area contributed by atoms with E-state index in [1.54, 1.807) is 0 Å². The average molecular weight is 528 g/mol. The number of hydrogen-bond donors (Lipinski definition) is 0. The molecule has 0 atom stereocenters. The van der Waals surface area contributed by atoms with Crippen LogP contribution in [0.1, 0.15) is 32.3 Å². The second-order valence-corrected chi connectivity index (χ2v) is 7.47. The molecule has 3 nitrogen and oxygen atoms in total. The van der Waals surface area contributed by atoms with E-state index in [0.717, 1.165) is 24.9 Å². The highest BCUT2D eigenvalue weighted by molar-refractivity contribution is 14.1. The van der Waals surface area contributed by atoms with E-state index in [1.165, 1.54) is 5.56 Å². The molecule has 0 bridgehead atoms. The van der Waals surface area contributed by atoms with Crippen molar-refractivity contribution < 1.29 is 14.3 Å². The summed E-state index contributed by atoms with van der Waals surface area (Å²) in [5, 5.41) is 0. The quantitative estimate of drug-likeness (QED) is 0.249. The Morgan fingerprint density at radius 3 is 2.45 bits per heavy atom. The van der Waals surface area contributed by atoms with Crippen LogP contribution in [0, 0.1) is 7.14 Å². The van der Waals surface area contributed by atoms with Crippen molar-refractivity contribution in [2.75, 3.05) is 19.8 Å². The Labute approximate surface area is 160 Å². The molecule has 0 spiro atoms. The van der Waals surface area contributed by atoms with E-state index in [4.69, 9.17) is 9.47 Å². The van der Waals surface area contributed by atoms with E-state index in [1.807, 2.05) is 13.8 Å². The standard InChI is InChI=1S/C17H22I2O3/c1-4-21-11-14(20)6-5-7-22-17-15(18)9-13(8-12(2)3)10-16(17)19/h9-10H,2,4-8,11H2,1,3H3. The summed E-state index contributed by atoms with van der Waals surface area (Å²) in [6, 6.07) is 4.26. The van der Waals surface area contributed by atoms with Crippen LogP contribution >= 0.6 is 45.2 Å². The maximum absolute atomic E-state index is 11.5. The lowest BCUT2D eigenvalue weighted by Gasteiger charge is -2.12. The molecule has 0 aliphatic heterocycles. The molecule has 1 aromatic rings. The van der Waals surface area contributed by atoms with Gasteiger partial charge in [-0.1, -0.05) is 12.2 Å². The van der Waals surface area contributed by atoms with Crippen molar-refractivity contribution in [2.24, 2.45) is 0 Å². The highest BCUT2D eigenvalue weighted by Gasteiger charge is 2.10. The fourth-order valence-electron chi connectivity index (χ4n) is 1.93. The SMILES string of the molecule is C=C(C)Cc1cc(I)c(OCCCC(=O)COCC)c(I)c1. The summed E-state index contributed by atoms with van der Waals surface area (Å²) >= 11 is 4.59. The first kappa shape index (κ1) is 19.9. The third-order valence-corrected chi connectivity index (χ3v) is 4.48. The van der Waals surface area contributed by atoms with Crippen LogP contribution in [0.2, 0.25) is 0 Å². The number of halogens is 2. The van der Waals surface area contributed by atoms with Crippen molar-refractivity contribution in [2.45, 2.75) is 33.1 Å². The second-order valence-electron chi connectivity index (χ2n) is 5.15. The Hall–Kier alpha value is -0.150. The minimum Gasteiger partial charge on any atom is -0.491 e. The Kier molecular flexibility index (Phi) is 9.58. The molecule has 0 unspecified atom stereocenters. The van der Waals surface area contributed by atoms with Crippen LogP contribution in [-0.2, 0) is 16.0 Å². The monoisotopic (exact) mass is 528 g/mol. The van der Waals surface area contributed by atoms with Crippen LogP contribution in [0.3, 0.4) is 0 Å². The van der Waals surface area contributed by atoms with E-state index < -0.39 is 0 Å². The zero-order valence-electron chi connectivity index (χ0n) is 13.1. The minimum atomic E-state index is 0.131. The molecule has 0 N–H and O–H groups in total. The molecular weight excluding hydrogens is 506 g/mol. The second kappa shape index (κ2) is 10.6. The lowest BCUT2D eigenvalue weighted by atomic mass is 10.1. The summed E-state index contributed by atoms with van der Waals surface area (Å²) in [6.07, 6.45) is 2.10. The predicted octanol–water partition coefficient (Wildman–Crippen LogP) is 4.78. The number of Topliss-reactive ketones (excluding diaryl/α,β-unsaturated/α-hetero) is 1. The van der Waals surface area contributed by atoms with Crippen molar-refractivity contribution in [1.82, 2.24) is 0 Å². The van der Waals surface area contributed by atoms with Gasteiger partial charge in [0.25, 0.3) is 0 Å². The van der Waals surface area contributed by atoms with Gasteiger partial charge in [0, 0.05) is 13.0 Å². The van der Waals surface area contributed by atoms with Gasteiger partial charge in [0.1, 0.15) is 12.4 Å². The first-order valence-electron chi connectivity index (χ1n) is 7.28. The molecule has 0 radical (unpaired) electrons. The first-order chi connectivity index (χ1) is 10.4. The van der Waals surface area contributed by atoms with E-state index in [-0.39, 0.29) is 12.4 Å². The third kappa shape index (κ3) is 7.41. The van der Waals surface area contributed by atoms with Gasteiger partial charge in [0.2, 0.25) is 0 Å². The van der Waals surface area contributed by atoms with E-state index in [2.05, 4.69) is 63.9 Å². The zero-order valence-corrected chi connectivity index (χ0v) is 17.4. The fourth-order valence-corrected chi connectivity index (χ4v) is 4.14. The maximum atomic E-state index is 11.5. The van der Waals surface area contributed by atoms with Crippen LogP contribution in [0.5, 0.6) is 5.75 Å². The number of ketones is 1. The number of carbonyl (C=O) groups excluding carboxylic acids is 1. The van der Waals surface area contributed by atoms with Gasteiger partial charge in [-0.05, 0) is 89.6 Å². The van der Waals surface area contributed by atoms with Gasteiger partial charge in [0.15, 0.2) is 5.78 Å². The Morgan fingerprint density at radius 2 is 1.91 bits per heavy atom. The van der Waals surface area contributed by atoms with E-state index >= 15 is 0 Å². The van der Waals surface area contributed by atoms with Crippen LogP contribution in [0.4, 0.5) is 0 Å². The molecule has 0 aromatic heterocycles. The number of rotatable bonds is 10. The van der Waals surface area contributed by atoms with Crippen molar-refractivity contribution in [1.29, 1.82) is 0 Å². The molecule has 0 fully saturated rings. The van der Waals surface area contributed by atoms with Gasteiger partial charge in [0.05, 0.1) is 13.7 Å². The molecule has 0 aliphatic carbocycles. The number of ether oxygens (including phenoxy) is 2. The summed E-state index contributed by atoms with van der Waals surface area (Å²) in [5.74, 6) is 1.04. The molecular formula is C17H22I2O3. The Bertz CT molecular complexity index is 504. The molecule has 1 rings (SSSR count). The molecule has 0 heterocycles. The summed E-state index contributed by atoms with van der Waals surface area (Å²) in [5.41, 5.74) is 2.40. The summed E-state index contributed by atoms with van der Waals surface area (Å²) in [6.45, 7) is 9.20. The van der Waals surface area contributed by atoms with E-state index in [0.29, 0.717) is 26.1 Å².